The summed E-state index contributed by atoms with van der Waals surface area (Å²) in [5, 5.41) is 38.5. The first-order valence-electron chi connectivity index (χ1n) is 13.2. The molecular formula is C28H32N4O5. The number of ether oxygens (including phenoxy) is 1. The van der Waals surface area contributed by atoms with Crippen LogP contribution in [0.1, 0.15) is 59.2 Å². The molecule has 194 valence electrons. The zero-order valence-electron chi connectivity index (χ0n) is 20.6. The van der Waals surface area contributed by atoms with Crippen molar-refractivity contribution in [3.8, 4) is 11.5 Å². The van der Waals surface area contributed by atoms with Crippen LogP contribution in [-0.4, -0.2) is 68.9 Å². The lowest BCUT2D eigenvalue weighted by Crippen LogP contribution is -2.78. The molecule has 1 amide bonds. The van der Waals surface area contributed by atoms with Crippen LogP contribution in [0.4, 0.5) is 0 Å². The number of carbonyl (C=O) groups excluding carboxylic acids is 1. The van der Waals surface area contributed by atoms with Crippen molar-refractivity contribution in [1.29, 1.82) is 0 Å². The van der Waals surface area contributed by atoms with Gasteiger partial charge in [0.15, 0.2) is 17.3 Å². The molecule has 7 rings (SSSR count). The number of aromatic hydroxyl groups is 1. The predicted molar refractivity (Wildman–Crippen MR) is 135 cm³/mol. The fourth-order valence-corrected chi connectivity index (χ4v) is 7.76. The summed E-state index contributed by atoms with van der Waals surface area (Å²) in [5.74, 6) is 0.911. The Morgan fingerprint density at radius 1 is 1.19 bits per heavy atom. The number of benzene rings is 2. The summed E-state index contributed by atoms with van der Waals surface area (Å²) in [7, 11) is 0. The van der Waals surface area contributed by atoms with Gasteiger partial charge in [0.2, 0.25) is 0 Å². The monoisotopic (exact) mass is 504 g/mol. The zero-order chi connectivity index (χ0) is 25.5. The van der Waals surface area contributed by atoms with Crippen molar-refractivity contribution in [2.45, 2.75) is 67.7 Å². The quantitative estimate of drug-likeness (QED) is 0.181. The van der Waals surface area contributed by atoms with Gasteiger partial charge >= 0.3 is 0 Å². The Bertz CT molecular complexity index is 1330. The van der Waals surface area contributed by atoms with Crippen LogP contribution in [0, 0.1) is 5.92 Å². The summed E-state index contributed by atoms with van der Waals surface area (Å²) in [4.78, 5) is 15.9. The molecule has 9 heteroatoms. The highest BCUT2D eigenvalue weighted by Gasteiger charge is 2.73. The standard InChI is InChI=1S/C28H32N4O5/c29-25(31-36)17-2-1-3-18(12-17)26(34)30-19-8-9-28(35)21-13-16-6-7-20(33)23-22(16)27(28,24(19)37-23)10-11-32(21)14-15-4-5-15/h1-3,6-7,12,15,19,21,24,33,35-36H,4-5,8-11,13-14H2,(H2,29,31)(H,30,34)/t19-,21-,24+,27?,28-/m1/s1. The number of phenols is 1. The summed E-state index contributed by atoms with van der Waals surface area (Å²) in [6, 6.07) is 9.94. The third-order valence-electron chi connectivity index (χ3n) is 9.61. The predicted octanol–water partition coefficient (Wildman–Crippen LogP) is 1.85. The molecule has 2 saturated carbocycles. The number of nitrogens with zero attached hydrogens (tertiary/aromatic N) is 2. The number of likely N-dealkylation sites (tertiary alicyclic amines) is 1. The Morgan fingerprint density at radius 3 is 2.78 bits per heavy atom. The highest BCUT2D eigenvalue weighted by Crippen LogP contribution is 2.65. The van der Waals surface area contributed by atoms with Gasteiger partial charge in [0, 0.05) is 29.3 Å². The minimum Gasteiger partial charge on any atom is -0.504 e. The maximum atomic E-state index is 13.4. The summed E-state index contributed by atoms with van der Waals surface area (Å²) >= 11 is 0. The number of rotatable bonds is 5. The smallest absolute Gasteiger partial charge is 0.251 e. The molecule has 1 spiro atoms. The molecule has 5 aliphatic rings. The first-order chi connectivity index (χ1) is 17.9. The molecule has 1 unspecified atom stereocenters. The highest BCUT2D eigenvalue weighted by atomic mass is 16.5. The maximum Gasteiger partial charge on any atom is 0.251 e. The van der Waals surface area contributed by atoms with Crippen LogP contribution in [0.15, 0.2) is 41.6 Å². The molecule has 2 aliphatic heterocycles. The van der Waals surface area contributed by atoms with Crippen molar-refractivity contribution in [2.75, 3.05) is 13.1 Å². The van der Waals surface area contributed by atoms with Crippen LogP contribution in [0.5, 0.6) is 11.5 Å². The van der Waals surface area contributed by atoms with E-state index in [1.54, 1.807) is 30.3 Å². The van der Waals surface area contributed by atoms with Crippen LogP contribution < -0.4 is 15.8 Å². The average Bonchev–Trinajstić information content (AvgIpc) is 3.65. The number of hydrogen-bond acceptors (Lipinski definition) is 7. The van der Waals surface area contributed by atoms with E-state index >= 15 is 0 Å². The second kappa shape index (κ2) is 7.85. The first-order valence-corrected chi connectivity index (χ1v) is 13.2. The summed E-state index contributed by atoms with van der Waals surface area (Å²) < 4.78 is 6.52. The van der Waals surface area contributed by atoms with Gasteiger partial charge in [-0.15, -0.1) is 0 Å². The number of nitrogens with two attached hydrogens (primary N) is 1. The van der Waals surface area contributed by atoms with Gasteiger partial charge in [-0.3, -0.25) is 9.69 Å². The zero-order valence-corrected chi connectivity index (χ0v) is 20.6. The van der Waals surface area contributed by atoms with Crippen molar-refractivity contribution < 1.29 is 25.0 Å². The van der Waals surface area contributed by atoms with Gasteiger partial charge < -0.3 is 31.2 Å². The fourth-order valence-electron chi connectivity index (χ4n) is 7.76. The van der Waals surface area contributed by atoms with E-state index in [9.17, 15) is 15.0 Å². The number of nitrogens with one attached hydrogen (secondary N) is 1. The van der Waals surface area contributed by atoms with Crippen molar-refractivity contribution in [1.82, 2.24) is 10.2 Å². The Labute approximate surface area is 214 Å². The third kappa shape index (κ3) is 3.10. The number of amides is 1. The Balaban J connectivity index is 1.25. The molecule has 3 fully saturated rings. The molecule has 5 atom stereocenters. The molecule has 2 heterocycles. The number of phenolic OH excluding ortho intramolecular Hbond substituents is 1. The second-order valence-corrected chi connectivity index (χ2v) is 11.5. The number of oxime groups is 1. The van der Waals surface area contributed by atoms with E-state index in [2.05, 4.69) is 15.4 Å². The van der Waals surface area contributed by atoms with E-state index in [1.807, 2.05) is 6.07 Å². The van der Waals surface area contributed by atoms with Gasteiger partial charge in [-0.2, -0.15) is 0 Å². The first kappa shape index (κ1) is 22.9. The van der Waals surface area contributed by atoms with E-state index in [0.29, 0.717) is 36.1 Å². The lowest BCUT2D eigenvalue weighted by Gasteiger charge is -2.64. The van der Waals surface area contributed by atoms with Crippen molar-refractivity contribution in [3.05, 3.63) is 58.7 Å². The normalized spacial score (nSPS) is 34.0. The van der Waals surface area contributed by atoms with Gasteiger partial charge in [-0.1, -0.05) is 23.4 Å². The second-order valence-electron chi connectivity index (χ2n) is 11.5. The van der Waals surface area contributed by atoms with Crippen LogP contribution in [0.2, 0.25) is 0 Å². The molecule has 0 radical (unpaired) electrons. The molecule has 2 bridgehead atoms. The number of piperidine rings is 1. The van der Waals surface area contributed by atoms with Crippen LogP contribution in [-0.2, 0) is 11.8 Å². The summed E-state index contributed by atoms with van der Waals surface area (Å²) in [6.07, 6.45) is 4.59. The van der Waals surface area contributed by atoms with E-state index in [1.165, 1.54) is 12.8 Å². The highest BCUT2D eigenvalue weighted by molar-refractivity contribution is 6.01. The van der Waals surface area contributed by atoms with Gasteiger partial charge in [0.05, 0.1) is 17.1 Å². The van der Waals surface area contributed by atoms with Crippen LogP contribution in [0.25, 0.3) is 0 Å². The fraction of sp³-hybridized carbons (Fsp3) is 0.500. The van der Waals surface area contributed by atoms with Crippen molar-refractivity contribution in [2.24, 2.45) is 16.8 Å². The van der Waals surface area contributed by atoms with Gasteiger partial charge in [-0.05, 0) is 74.8 Å². The molecular weight excluding hydrogens is 472 g/mol. The van der Waals surface area contributed by atoms with E-state index in [0.717, 1.165) is 36.6 Å². The van der Waals surface area contributed by atoms with E-state index in [-0.39, 0.29) is 29.6 Å². The molecule has 9 nitrogen and oxygen atoms in total. The molecule has 6 N–H and O–H groups in total. The van der Waals surface area contributed by atoms with Gasteiger partial charge in [-0.25, -0.2) is 0 Å². The average molecular weight is 505 g/mol. The van der Waals surface area contributed by atoms with Crippen LogP contribution in [0.3, 0.4) is 0 Å². The van der Waals surface area contributed by atoms with E-state index < -0.39 is 17.1 Å². The van der Waals surface area contributed by atoms with Gasteiger partial charge in [0.25, 0.3) is 5.91 Å². The summed E-state index contributed by atoms with van der Waals surface area (Å²) in [5.41, 5.74) is 6.95. The minimum atomic E-state index is -0.996. The molecule has 37 heavy (non-hydrogen) atoms. The summed E-state index contributed by atoms with van der Waals surface area (Å²) in [6.45, 7) is 1.88. The molecule has 0 aromatic heterocycles. The van der Waals surface area contributed by atoms with Crippen molar-refractivity contribution in [3.63, 3.8) is 0 Å². The van der Waals surface area contributed by atoms with Gasteiger partial charge in [0.1, 0.15) is 6.10 Å². The number of amidine groups is 1. The lowest BCUT2D eigenvalue weighted by atomic mass is 9.48. The Kier molecular flexibility index (Phi) is 4.85. The minimum absolute atomic E-state index is 0.00924. The number of carbonyl (C=O) groups is 1. The third-order valence-corrected chi connectivity index (χ3v) is 9.61. The number of aliphatic hydroxyl groups is 1. The Hall–Kier alpha value is -3.30. The van der Waals surface area contributed by atoms with Crippen molar-refractivity contribution >= 4 is 11.7 Å². The molecule has 2 aromatic rings. The lowest BCUT2D eigenvalue weighted by molar-refractivity contribution is -0.191. The van der Waals surface area contributed by atoms with Crippen LogP contribution >= 0.6 is 0 Å². The largest absolute Gasteiger partial charge is 0.504 e. The Morgan fingerprint density at radius 2 is 2.00 bits per heavy atom. The molecule has 1 saturated heterocycles. The number of hydrogen-bond donors (Lipinski definition) is 5. The van der Waals surface area contributed by atoms with E-state index in [4.69, 9.17) is 15.7 Å². The molecule has 2 aromatic carbocycles. The topological polar surface area (TPSA) is 141 Å². The molecule has 3 aliphatic carbocycles. The SMILES string of the molecule is N/C(=N\O)c1cccc(C(=O)N[C@@H]2CC[C@@]3(O)[C@H]4Cc5ccc(O)c6c5C3(CCN4CC3CC3)[C@H]2O6)c1. The maximum absolute atomic E-state index is 13.4.